The minimum absolute atomic E-state index is 0.975. The molecular weight excluding hydrogens is 150 g/mol. The maximum Gasteiger partial charge on any atom is 0.139 e. The largest absolute Gasteiger partial charge is 0.276 e. The molecular formula is C9H7N3. The van der Waals surface area contributed by atoms with Gasteiger partial charge in [0, 0.05) is 0 Å². The summed E-state index contributed by atoms with van der Waals surface area (Å²) in [6, 6.07) is 5.96. The predicted molar refractivity (Wildman–Crippen MR) is 46.4 cm³/mol. The summed E-state index contributed by atoms with van der Waals surface area (Å²) >= 11 is 0. The highest BCUT2D eigenvalue weighted by atomic mass is 15.1. The molecule has 0 spiro atoms. The van der Waals surface area contributed by atoms with Crippen molar-refractivity contribution in [1.82, 2.24) is 14.4 Å². The van der Waals surface area contributed by atoms with Crippen LogP contribution in [0.4, 0.5) is 0 Å². The number of aryl methyl sites for hydroxylation is 1. The average molecular weight is 157 g/mol. The third kappa shape index (κ3) is 0.525. The van der Waals surface area contributed by atoms with Gasteiger partial charge in [-0.2, -0.15) is 0 Å². The first-order valence-electron chi connectivity index (χ1n) is 3.88. The second-order valence-corrected chi connectivity index (χ2v) is 2.92. The number of imidazole rings is 2. The molecule has 0 N–H and O–H groups in total. The summed E-state index contributed by atoms with van der Waals surface area (Å²) in [6.45, 7) is 2.00. The minimum atomic E-state index is 0.975. The molecule has 0 aliphatic carbocycles. The quantitative estimate of drug-likeness (QED) is 0.496. The van der Waals surface area contributed by atoms with Crippen LogP contribution in [-0.2, 0) is 0 Å². The van der Waals surface area contributed by atoms with E-state index < -0.39 is 0 Å². The van der Waals surface area contributed by atoms with E-state index in [0.717, 1.165) is 22.5 Å². The van der Waals surface area contributed by atoms with Crippen LogP contribution in [0.1, 0.15) is 5.69 Å². The molecule has 12 heavy (non-hydrogen) atoms. The second kappa shape index (κ2) is 1.75. The van der Waals surface area contributed by atoms with Gasteiger partial charge in [-0.25, -0.2) is 9.97 Å². The maximum atomic E-state index is 4.40. The molecule has 0 aliphatic heterocycles. The second-order valence-electron chi connectivity index (χ2n) is 2.92. The van der Waals surface area contributed by atoms with E-state index in [1.807, 2.05) is 31.3 Å². The van der Waals surface area contributed by atoms with Crippen LogP contribution < -0.4 is 0 Å². The highest BCUT2D eigenvalue weighted by Crippen LogP contribution is 2.17. The van der Waals surface area contributed by atoms with Crippen LogP contribution in [0.25, 0.3) is 16.8 Å². The van der Waals surface area contributed by atoms with Crippen LogP contribution in [0.5, 0.6) is 0 Å². The molecule has 0 bridgehead atoms. The van der Waals surface area contributed by atoms with Gasteiger partial charge < -0.3 is 0 Å². The van der Waals surface area contributed by atoms with Crippen molar-refractivity contribution >= 4 is 16.8 Å². The fraction of sp³-hybridized carbons (Fsp3) is 0.111. The lowest BCUT2D eigenvalue weighted by Gasteiger charge is -1.89. The molecule has 0 aromatic carbocycles. The smallest absolute Gasteiger partial charge is 0.139 e. The molecule has 58 valence electrons. The van der Waals surface area contributed by atoms with Gasteiger partial charge in [0.05, 0.1) is 17.4 Å². The van der Waals surface area contributed by atoms with E-state index in [4.69, 9.17) is 0 Å². The van der Waals surface area contributed by atoms with Crippen LogP contribution >= 0.6 is 0 Å². The van der Waals surface area contributed by atoms with Crippen molar-refractivity contribution in [3.05, 3.63) is 30.1 Å². The van der Waals surface area contributed by atoms with Crippen molar-refractivity contribution in [1.29, 1.82) is 0 Å². The first kappa shape index (κ1) is 5.94. The highest BCUT2D eigenvalue weighted by Gasteiger charge is 2.07. The van der Waals surface area contributed by atoms with Crippen molar-refractivity contribution in [2.45, 2.75) is 6.92 Å². The Hall–Kier alpha value is -1.64. The normalized spacial score (nSPS) is 11.8. The lowest BCUT2D eigenvalue weighted by molar-refractivity contribution is 1.25. The molecule has 0 saturated heterocycles. The number of pyridine rings is 1. The molecule has 0 atom stereocenters. The van der Waals surface area contributed by atoms with Crippen molar-refractivity contribution in [3.8, 4) is 0 Å². The van der Waals surface area contributed by atoms with Gasteiger partial charge in [0.2, 0.25) is 0 Å². The van der Waals surface area contributed by atoms with Gasteiger partial charge >= 0.3 is 0 Å². The van der Waals surface area contributed by atoms with Gasteiger partial charge in [-0.3, -0.25) is 4.40 Å². The first-order valence-corrected chi connectivity index (χ1v) is 3.88. The van der Waals surface area contributed by atoms with Crippen molar-refractivity contribution in [3.63, 3.8) is 0 Å². The number of nitrogens with zero attached hydrogens (tertiary/aromatic N) is 3. The summed E-state index contributed by atoms with van der Waals surface area (Å²) < 4.78 is 2.06. The Bertz CT molecular complexity index is 538. The molecule has 3 aromatic rings. The fourth-order valence-corrected chi connectivity index (χ4v) is 1.59. The zero-order valence-electron chi connectivity index (χ0n) is 6.65. The summed E-state index contributed by atoms with van der Waals surface area (Å²) in [4.78, 5) is 8.66. The number of aromatic nitrogens is 3. The Morgan fingerprint density at radius 3 is 3.00 bits per heavy atom. The van der Waals surface area contributed by atoms with Crippen molar-refractivity contribution < 1.29 is 0 Å². The van der Waals surface area contributed by atoms with Crippen molar-refractivity contribution in [2.24, 2.45) is 0 Å². The Labute approximate surface area is 69.0 Å². The van der Waals surface area contributed by atoms with Gasteiger partial charge in [0.1, 0.15) is 11.3 Å². The van der Waals surface area contributed by atoms with Gasteiger partial charge in [0.15, 0.2) is 0 Å². The summed E-state index contributed by atoms with van der Waals surface area (Å²) in [6.07, 6.45) is 1.87. The molecule has 3 aromatic heterocycles. The molecule has 0 saturated carbocycles. The third-order valence-electron chi connectivity index (χ3n) is 2.16. The Morgan fingerprint density at radius 2 is 2.08 bits per heavy atom. The topological polar surface area (TPSA) is 30.2 Å². The lowest BCUT2D eigenvalue weighted by atomic mass is 10.4. The molecule has 0 amide bonds. The fourth-order valence-electron chi connectivity index (χ4n) is 1.59. The number of hydrogen-bond acceptors (Lipinski definition) is 2. The molecule has 0 aliphatic rings. The Kier molecular flexibility index (Phi) is 0.864. The van der Waals surface area contributed by atoms with E-state index in [0.29, 0.717) is 0 Å². The lowest BCUT2D eigenvalue weighted by Crippen LogP contribution is -1.81. The first-order chi connectivity index (χ1) is 5.86. The Morgan fingerprint density at radius 1 is 1.25 bits per heavy atom. The van der Waals surface area contributed by atoms with Gasteiger partial charge in [0.25, 0.3) is 0 Å². The van der Waals surface area contributed by atoms with Gasteiger partial charge in [-0.15, -0.1) is 0 Å². The molecule has 0 radical (unpaired) electrons. The van der Waals surface area contributed by atoms with E-state index >= 15 is 0 Å². The van der Waals surface area contributed by atoms with E-state index in [1.165, 1.54) is 0 Å². The van der Waals surface area contributed by atoms with E-state index in [1.54, 1.807) is 0 Å². The van der Waals surface area contributed by atoms with Gasteiger partial charge in [-0.05, 0) is 19.1 Å². The monoisotopic (exact) mass is 157 g/mol. The summed E-state index contributed by atoms with van der Waals surface area (Å²) in [5.74, 6) is 0. The van der Waals surface area contributed by atoms with Crippen molar-refractivity contribution in [2.75, 3.05) is 0 Å². The van der Waals surface area contributed by atoms with Crippen LogP contribution in [0.3, 0.4) is 0 Å². The SMILES string of the molecule is Cc1nc2cccc3ncc1n32. The summed E-state index contributed by atoms with van der Waals surface area (Å²) in [7, 11) is 0. The van der Waals surface area contributed by atoms with E-state index in [-0.39, 0.29) is 0 Å². The minimum Gasteiger partial charge on any atom is -0.276 e. The number of rotatable bonds is 0. The maximum absolute atomic E-state index is 4.40. The predicted octanol–water partition coefficient (Wildman–Crippen LogP) is 1.63. The molecule has 3 nitrogen and oxygen atoms in total. The molecule has 0 unspecified atom stereocenters. The van der Waals surface area contributed by atoms with Crippen LogP contribution in [0.15, 0.2) is 24.4 Å². The molecule has 3 heteroatoms. The standard InChI is InChI=1S/C9H7N3/c1-6-7-5-10-8-3-2-4-9(11-6)12(7)8/h2-5H,1H3. The van der Waals surface area contributed by atoms with Gasteiger partial charge in [-0.1, -0.05) is 6.07 Å². The van der Waals surface area contributed by atoms with E-state index in [2.05, 4.69) is 14.4 Å². The van der Waals surface area contributed by atoms with Crippen LogP contribution in [0.2, 0.25) is 0 Å². The zero-order valence-corrected chi connectivity index (χ0v) is 6.65. The van der Waals surface area contributed by atoms with E-state index in [9.17, 15) is 0 Å². The zero-order chi connectivity index (χ0) is 8.13. The average Bonchev–Trinajstić information content (AvgIpc) is 2.60. The summed E-state index contributed by atoms with van der Waals surface area (Å²) in [5.41, 5.74) is 4.12. The van der Waals surface area contributed by atoms with Crippen LogP contribution in [-0.4, -0.2) is 14.4 Å². The number of hydrogen-bond donors (Lipinski definition) is 0. The highest BCUT2D eigenvalue weighted by molar-refractivity contribution is 5.68. The molecule has 0 fully saturated rings. The van der Waals surface area contributed by atoms with Crippen LogP contribution in [0, 0.1) is 6.92 Å². The summed E-state index contributed by atoms with van der Waals surface area (Å²) in [5, 5.41) is 0. The third-order valence-corrected chi connectivity index (χ3v) is 2.16. The Balaban J connectivity index is 2.77. The molecule has 3 rings (SSSR count). The molecule has 3 heterocycles.